The molecule has 2 aromatic rings. The molecule has 6 rings (SSSR count). The van der Waals surface area contributed by atoms with E-state index in [2.05, 4.69) is 34.3 Å². The van der Waals surface area contributed by atoms with Gasteiger partial charge in [-0.25, -0.2) is 0 Å². The van der Waals surface area contributed by atoms with Gasteiger partial charge in [-0.15, -0.1) is 0 Å². The number of ether oxygens (including phenoxy) is 1. The van der Waals surface area contributed by atoms with Crippen LogP contribution in [0.4, 0.5) is 24.5 Å². The molecule has 0 radical (unpaired) electrons. The second-order valence-electron chi connectivity index (χ2n) is 15.8. The minimum Gasteiger partial charge on any atom is -0.377 e. The number of nitrogens with one attached hydrogen (secondary N) is 2. The van der Waals surface area contributed by atoms with E-state index < -0.39 is 28.7 Å². The van der Waals surface area contributed by atoms with Gasteiger partial charge in [0.05, 0.1) is 48.1 Å². The summed E-state index contributed by atoms with van der Waals surface area (Å²) >= 11 is 5.73. The molecule has 12 nitrogen and oxygen atoms in total. The third-order valence-electron chi connectivity index (χ3n) is 11.5. The third kappa shape index (κ3) is 8.76. The zero-order valence-electron chi connectivity index (χ0n) is 32.0. The Bertz CT molecular complexity index is 1880. The van der Waals surface area contributed by atoms with E-state index in [1.165, 1.54) is 6.07 Å². The number of carbonyl (C=O) groups excluding carboxylic acids is 4. The van der Waals surface area contributed by atoms with Gasteiger partial charge in [-0.2, -0.15) is 18.4 Å². The standard InChI is InChI=1S/C40H48F3N7O5S/c1-24-21-47(22-25(2)48(24)23-35(52)45-28-8-5-26(6-9-28)32-15-16-34(51)46-36(32)53)17-18-55-31-13-11-29(12-14-31)50-38(56)49(37(54)39(50,3)4)30-10-7-27(20-44)33(19-30)40(41,42)43/h5-10,19,24-25,29,31-32H,11-18,21-23H2,1-4H3,(H,45,52)(H,46,51,53)/t24-,25+,29?,31?,32?. The Morgan fingerprint density at radius 3 is 2.29 bits per heavy atom. The summed E-state index contributed by atoms with van der Waals surface area (Å²) in [5.74, 6) is -1.46. The molecule has 4 aliphatic rings. The van der Waals surface area contributed by atoms with Gasteiger partial charge in [0.15, 0.2) is 5.11 Å². The molecule has 56 heavy (non-hydrogen) atoms. The van der Waals surface area contributed by atoms with Gasteiger partial charge < -0.3 is 15.0 Å². The van der Waals surface area contributed by atoms with Crippen molar-refractivity contribution in [2.24, 2.45) is 0 Å². The molecule has 0 aromatic heterocycles. The van der Waals surface area contributed by atoms with E-state index in [0.29, 0.717) is 38.0 Å². The van der Waals surface area contributed by atoms with E-state index in [0.717, 1.165) is 55.1 Å². The molecule has 0 spiro atoms. The number of thiocarbonyl (C=S) groups is 1. The van der Waals surface area contributed by atoms with Gasteiger partial charge in [-0.05, 0) is 108 Å². The third-order valence-corrected chi connectivity index (χ3v) is 11.9. The summed E-state index contributed by atoms with van der Waals surface area (Å²) in [4.78, 5) is 57.9. The molecule has 2 aromatic carbocycles. The average molecular weight is 796 g/mol. The van der Waals surface area contributed by atoms with Crippen LogP contribution >= 0.6 is 12.2 Å². The van der Waals surface area contributed by atoms with Crippen LogP contribution in [0, 0.1) is 11.3 Å². The summed E-state index contributed by atoms with van der Waals surface area (Å²) in [7, 11) is 0. The van der Waals surface area contributed by atoms with Crippen molar-refractivity contribution >= 4 is 52.3 Å². The molecule has 1 aliphatic carbocycles. The highest BCUT2D eigenvalue weighted by Crippen LogP contribution is 2.41. The van der Waals surface area contributed by atoms with E-state index in [-0.39, 0.29) is 65.2 Å². The molecule has 1 unspecified atom stereocenters. The fourth-order valence-corrected chi connectivity index (χ4v) is 9.18. The number of halogens is 3. The second kappa shape index (κ2) is 16.6. The fraction of sp³-hybridized carbons (Fsp3) is 0.550. The highest BCUT2D eigenvalue weighted by atomic mass is 32.1. The Morgan fingerprint density at radius 2 is 1.68 bits per heavy atom. The number of benzene rings is 2. The van der Waals surface area contributed by atoms with Crippen LogP contribution in [0.2, 0.25) is 0 Å². The van der Waals surface area contributed by atoms with Gasteiger partial charge in [0.1, 0.15) is 5.54 Å². The number of nitriles is 1. The molecule has 300 valence electrons. The van der Waals surface area contributed by atoms with E-state index in [1.54, 1.807) is 32.0 Å². The number of piperidine rings is 1. The first kappa shape index (κ1) is 41.2. The lowest BCUT2D eigenvalue weighted by molar-refractivity contribution is -0.138. The molecule has 4 fully saturated rings. The summed E-state index contributed by atoms with van der Waals surface area (Å²) in [5, 5.41) is 14.7. The van der Waals surface area contributed by atoms with Crippen LogP contribution in [0.25, 0.3) is 0 Å². The van der Waals surface area contributed by atoms with Crippen molar-refractivity contribution in [3.05, 3.63) is 59.2 Å². The normalized spacial score (nSPS) is 26.3. The van der Waals surface area contributed by atoms with Crippen LogP contribution in [0.15, 0.2) is 42.5 Å². The van der Waals surface area contributed by atoms with Crippen LogP contribution in [-0.4, -0.2) is 106 Å². The Hall–Kier alpha value is -4.43. The quantitative estimate of drug-likeness (QED) is 0.245. The average Bonchev–Trinajstić information content (AvgIpc) is 3.32. The SMILES string of the molecule is C[C@@H]1CN(CCOC2CCC(N3C(=S)N(c4ccc(C#N)c(C(F)(F)F)c4)C(=O)C3(C)C)CC2)C[C@H](C)N1CC(=O)Nc1ccc(C2CCC(=O)NC2=O)cc1. The maximum absolute atomic E-state index is 13.7. The number of anilines is 2. The van der Waals surface area contributed by atoms with Gasteiger partial charge in [0.2, 0.25) is 17.7 Å². The lowest BCUT2D eigenvalue weighted by Crippen LogP contribution is -2.58. The van der Waals surface area contributed by atoms with E-state index in [9.17, 15) is 37.6 Å². The molecule has 1 saturated carbocycles. The molecule has 3 heterocycles. The Morgan fingerprint density at radius 1 is 1.02 bits per heavy atom. The van der Waals surface area contributed by atoms with Crippen molar-refractivity contribution < 1.29 is 37.1 Å². The second-order valence-corrected chi connectivity index (χ2v) is 16.2. The van der Waals surface area contributed by atoms with Crippen molar-refractivity contribution in [2.45, 2.75) is 108 Å². The van der Waals surface area contributed by atoms with Crippen LogP contribution in [0.1, 0.15) is 88.8 Å². The molecular formula is C40H48F3N7O5S. The van der Waals surface area contributed by atoms with Crippen LogP contribution in [0.3, 0.4) is 0 Å². The number of hydrogen-bond acceptors (Lipinski definition) is 9. The zero-order chi connectivity index (χ0) is 40.5. The van der Waals surface area contributed by atoms with Crippen LogP contribution < -0.4 is 15.5 Å². The summed E-state index contributed by atoms with van der Waals surface area (Å²) in [5.41, 5.74) is -1.25. The molecule has 16 heteroatoms. The summed E-state index contributed by atoms with van der Waals surface area (Å²) in [6.07, 6.45) is -1.05. The first-order chi connectivity index (χ1) is 26.5. The number of nitrogens with zero attached hydrogens (tertiary/aromatic N) is 5. The maximum Gasteiger partial charge on any atom is 0.417 e. The lowest BCUT2D eigenvalue weighted by atomic mass is 9.89. The van der Waals surface area contributed by atoms with Crippen molar-refractivity contribution in [3.8, 4) is 6.07 Å². The number of alkyl halides is 3. The van der Waals surface area contributed by atoms with E-state index >= 15 is 0 Å². The zero-order valence-corrected chi connectivity index (χ0v) is 32.8. The topological polar surface area (TPSA) is 138 Å². The molecule has 2 N–H and O–H groups in total. The summed E-state index contributed by atoms with van der Waals surface area (Å²) in [6.45, 7) is 10.8. The van der Waals surface area contributed by atoms with Gasteiger partial charge in [-0.3, -0.25) is 39.2 Å². The number of hydrogen-bond donors (Lipinski definition) is 2. The lowest BCUT2D eigenvalue weighted by Gasteiger charge is -2.44. The number of carbonyl (C=O) groups is 4. The first-order valence-electron chi connectivity index (χ1n) is 19.1. The van der Waals surface area contributed by atoms with Crippen LogP contribution in [0.5, 0.6) is 0 Å². The van der Waals surface area contributed by atoms with E-state index in [4.69, 9.17) is 17.0 Å². The van der Waals surface area contributed by atoms with Crippen molar-refractivity contribution in [2.75, 3.05) is 43.0 Å². The molecule has 3 aliphatic heterocycles. The monoisotopic (exact) mass is 795 g/mol. The van der Waals surface area contributed by atoms with Crippen molar-refractivity contribution in [1.82, 2.24) is 20.0 Å². The van der Waals surface area contributed by atoms with Gasteiger partial charge in [0, 0.05) is 49.9 Å². The van der Waals surface area contributed by atoms with Gasteiger partial charge in [-0.1, -0.05) is 12.1 Å². The minimum absolute atomic E-state index is 0.0118. The number of rotatable bonds is 10. The fourth-order valence-electron chi connectivity index (χ4n) is 8.61. The van der Waals surface area contributed by atoms with Gasteiger partial charge >= 0.3 is 6.18 Å². The summed E-state index contributed by atoms with van der Waals surface area (Å²) < 4.78 is 47.5. The number of imide groups is 1. The first-order valence-corrected chi connectivity index (χ1v) is 19.5. The molecule has 4 amide bonds. The molecule has 3 atom stereocenters. The smallest absolute Gasteiger partial charge is 0.377 e. The number of piperazine rings is 1. The Labute approximate surface area is 330 Å². The largest absolute Gasteiger partial charge is 0.417 e. The Kier molecular flexibility index (Phi) is 12.2. The Balaban J connectivity index is 0.942. The van der Waals surface area contributed by atoms with Crippen molar-refractivity contribution in [1.29, 1.82) is 5.26 Å². The molecule has 0 bridgehead atoms. The predicted octanol–water partition coefficient (Wildman–Crippen LogP) is 5.17. The highest BCUT2D eigenvalue weighted by molar-refractivity contribution is 7.80. The summed E-state index contributed by atoms with van der Waals surface area (Å²) in [6, 6.07) is 12.2. The highest BCUT2D eigenvalue weighted by Gasteiger charge is 2.52. The number of amides is 4. The van der Waals surface area contributed by atoms with Crippen molar-refractivity contribution in [3.63, 3.8) is 0 Å². The van der Waals surface area contributed by atoms with Crippen LogP contribution in [-0.2, 0) is 30.1 Å². The molecular weight excluding hydrogens is 748 g/mol. The molecule has 3 saturated heterocycles. The minimum atomic E-state index is -4.76. The van der Waals surface area contributed by atoms with Gasteiger partial charge in [0.25, 0.3) is 5.91 Å². The maximum atomic E-state index is 13.7. The predicted molar refractivity (Wildman–Crippen MR) is 206 cm³/mol. The van der Waals surface area contributed by atoms with E-state index in [1.807, 2.05) is 17.0 Å².